The third kappa shape index (κ3) is 5.52. The molecular weight excluding hydrogens is 226 g/mol. The minimum absolute atomic E-state index is 0.0428. The molecule has 18 heavy (non-hydrogen) atoms. The fourth-order valence-corrected chi connectivity index (χ4v) is 2.40. The Morgan fingerprint density at radius 3 is 2.61 bits per heavy atom. The molecule has 0 aromatic heterocycles. The molecule has 104 valence electrons. The summed E-state index contributed by atoms with van der Waals surface area (Å²) in [6.45, 7) is 6.62. The topological polar surface area (TPSA) is 53.5 Å². The van der Waals surface area contributed by atoms with Crippen LogP contribution in [0.25, 0.3) is 0 Å². The lowest BCUT2D eigenvalue weighted by Crippen LogP contribution is -2.27. The van der Waals surface area contributed by atoms with Crippen molar-refractivity contribution in [2.24, 2.45) is 11.0 Å². The second-order valence-electron chi connectivity index (χ2n) is 5.24. The van der Waals surface area contributed by atoms with E-state index < -0.39 is 0 Å². The number of hydrogen-bond acceptors (Lipinski definition) is 3. The number of amides is 1. The average molecular weight is 253 g/mol. The van der Waals surface area contributed by atoms with Gasteiger partial charge in [0.05, 0.1) is 0 Å². The van der Waals surface area contributed by atoms with Crippen LogP contribution in [0.1, 0.15) is 59.3 Å². The van der Waals surface area contributed by atoms with Gasteiger partial charge in [0.2, 0.25) is 5.91 Å². The molecule has 0 heterocycles. The predicted molar refractivity (Wildman–Crippen MR) is 75.6 cm³/mol. The summed E-state index contributed by atoms with van der Waals surface area (Å²) in [4.78, 5) is 10.8. The molecule has 0 aromatic rings. The molecule has 1 saturated carbocycles. The van der Waals surface area contributed by atoms with E-state index in [1.807, 2.05) is 0 Å². The van der Waals surface area contributed by atoms with Crippen molar-refractivity contribution in [3.8, 4) is 0 Å². The summed E-state index contributed by atoms with van der Waals surface area (Å²) in [6, 6.07) is 0.578. The first-order chi connectivity index (χ1) is 8.63. The van der Waals surface area contributed by atoms with Crippen LogP contribution < -0.4 is 10.7 Å². The van der Waals surface area contributed by atoms with E-state index in [2.05, 4.69) is 29.7 Å². The first kappa shape index (κ1) is 15.0. The number of carbonyl (C=O) groups is 1. The number of hydrazone groups is 1. The molecule has 2 N–H and O–H groups in total. The fraction of sp³-hybridized carbons (Fsp3) is 0.857. The van der Waals surface area contributed by atoms with Crippen molar-refractivity contribution < 1.29 is 4.79 Å². The minimum Gasteiger partial charge on any atom is -0.356 e. The zero-order valence-corrected chi connectivity index (χ0v) is 12.0. The van der Waals surface area contributed by atoms with E-state index >= 15 is 0 Å². The number of carbonyl (C=O) groups excluding carboxylic acids is 1. The zero-order chi connectivity index (χ0) is 13.4. The molecule has 4 heteroatoms. The van der Waals surface area contributed by atoms with E-state index in [1.165, 1.54) is 31.4 Å². The minimum atomic E-state index is 0.0428. The van der Waals surface area contributed by atoms with E-state index in [9.17, 15) is 4.79 Å². The summed E-state index contributed by atoms with van der Waals surface area (Å²) in [6.07, 6.45) is 7.08. The lowest BCUT2D eigenvalue weighted by atomic mass is 10.00. The highest BCUT2D eigenvalue weighted by molar-refractivity contribution is 5.86. The maximum absolute atomic E-state index is 10.8. The van der Waals surface area contributed by atoms with Crippen LogP contribution >= 0.6 is 0 Å². The lowest BCUT2D eigenvalue weighted by Gasteiger charge is -2.16. The molecule has 0 radical (unpaired) electrons. The van der Waals surface area contributed by atoms with Crippen LogP contribution in [0.2, 0.25) is 0 Å². The molecule has 0 aliphatic heterocycles. The molecule has 1 amide bonds. The fourth-order valence-electron chi connectivity index (χ4n) is 2.40. The van der Waals surface area contributed by atoms with Crippen LogP contribution in [0.4, 0.5) is 0 Å². The number of hydrogen-bond donors (Lipinski definition) is 2. The normalized spacial score (nSPS) is 18.7. The van der Waals surface area contributed by atoms with Crippen molar-refractivity contribution in [3.05, 3.63) is 0 Å². The van der Waals surface area contributed by atoms with Gasteiger partial charge in [-0.15, -0.1) is 0 Å². The van der Waals surface area contributed by atoms with Crippen LogP contribution in [0.5, 0.6) is 0 Å². The Morgan fingerprint density at radius 1 is 1.39 bits per heavy atom. The SMILES string of the molecule is CC/C(=N/NC1CCCC1)C(C)CCNC(C)=O. The second-order valence-corrected chi connectivity index (χ2v) is 5.24. The third-order valence-corrected chi connectivity index (χ3v) is 3.63. The molecule has 1 unspecified atom stereocenters. The Balaban J connectivity index is 2.32. The van der Waals surface area contributed by atoms with Crippen LogP contribution in [0, 0.1) is 5.92 Å². The average Bonchev–Trinajstić information content (AvgIpc) is 2.82. The standard InChI is InChI=1S/C14H27N3O/c1-4-14(11(2)9-10-15-12(3)18)17-16-13-7-5-6-8-13/h11,13,16H,4-10H2,1-3H3,(H,15,18)/b17-14-. The highest BCUT2D eigenvalue weighted by Crippen LogP contribution is 2.18. The van der Waals surface area contributed by atoms with Gasteiger partial charge in [0.25, 0.3) is 0 Å². The Labute approximate surface area is 111 Å². The van der Waals surface area contributed by atoms with E-state index in [0.29, 0.717) is 12.0 Å². The Hall–Kier alpha value is -1.06. The summed E-state index contributed by atoms with van der Waals surface area (Å²) in [5.41, 5.74) is 4.53. The molecule has 1 aliphatic rings. The van der Waals surface area contributed by atoms with Gasteiger partial charge in [0, 0.05) is 25.2 Å². The molecule has 0 spiro atoms. The highest BCUT2D eigenvalue weighted by Gasteiger charge is 2.15. The van der Waals surface area contributed by atoms with Crippen LogP contribution in [0.3, 0.4) is 0 Å². The quantitative estimate of drug-likeness (QED) is 0.541. The lowest BCUT2D eigenvalue weighted by molar-refractivity contribution is -0.118. The summed E-state index contributed by atoms with van der Waals surface area (Å²) in [5.74, 6) is 0.469. The molecule has 1 atom stereocenters. The maximum atomic E-state index is 10.8. The Bertz CT molecular complexity index is 283. The molecule has 4 nitrogen and oxygen atoms in total. The summed E-state index contributed by atoms with van der Waals surface area (Å²) < 4.78 is 0. The van der Waals surface area contributed by atoms with Crippen molar-refractivity contribution in [1.29, 1.82) is 0 Å². The van der Waals surface area contributed by atoms with Gasteiger partial charge >= 0.3 is 0 Å². The first-order valence-electron chi connectivity index (χ1n) is 7.19. The van der Waals surface area contributed by atoms with Crippen molar-refractivity contribution in [2.75, 3.05) is 6.54 Å². The predicted octanol–water partition coefficient (Wildman–Crippen LogP) is 2.45. The molecule has 0 aromatic carbocycles. The summed E-state index contributed by atoms with van der Waals surface area (Å²) >= 11 is 0. The van der Waals surface area contributed by atoms with E-state index in [0.717, 1.165) is 19.4 Å². The smallest absolute Gasteiger partial charge is 0.216 e. The highest BCUT2D eigenvalue weighted by atomic mass is 16.1. The van der Waals surface area contributed by atoms with Gasteiger partial charge in [0.1, 0.15) is 0 Å². The van der Waals surface area contributed by atoms with Crippen molar-refractivity contribution >= 4 is 11.6 Å². The first-order valence-corrected chi connectivity index (χ1v) is 7.19. The molecule has 1 rings (SSSR count). The molecule has 0 saturated heterocycles. The number of nitrogens with one attached hydrogen (secondary N) is 2. The van der Waals surface area contributed by atoms with Gasteiger partial charge in [-0.05, 0) is 31.6 Å². The van der Waals surface area contributed by atoms with Gasteiger partial charge in [-0.3, -0.25) is 4.79 Å². The maximum Gasteiger partial charge on any atom is 0.216 e. The largest absolute Gasteiger partial charge is 0.356 e. The van der Waals surface area contributed by atoms with Crippen molar-refractivity contribution in [1.82, 2.24) is 10.7 Å². The van der Waals surface area contributed by atoms with E-state index in [4.69, 9.17) is 0 Å². The third-order valence-electron chi connectivity index (χ3n) is 3.63. The number of nitrogens with zero attached hydrogens (tertiary/aromatic N) is 1. The van der Waals surface area contributed by atoms with Gasteiger partial charge in [-0.2, -0.15) is 5.10 Å². The molecular formula is C14H27N3O. The van der Waals surface area contributed by atoms with Crippen molar-refractivity contribution in [2.45, 2.75) is 65.3 Å². The summed E-state index contributed by atoms with van der Waals surface area (Å²) in [5, 5.41) is 7.41. The molecule has 0 bridgehead atoms. The molecule has 1 aliphatic carbocycles. The van der Waals surface area contributed by atoms with E-state index in [-0.39, 0.29) is 5.91 Å². The van der Waals surface area contributed by atoms with Crippen LogP contribution in [-0.2, 0) is 4.79 Å². The van der Waals surface area contributed by atoms with Gasteiger partial charge < -0.3 is 10.7 Å². The van der Waals surface area contributed by atoms with Crippen molar-refractivity contribution in [3.63, 3.8) is 0 Å². The molecule has 1 fully saturated rings. The van der Waals surface area contributed by atoms with Crippen LogP contribution in [-0.4, -0.2) is 24.2 Å². The second kappa shape index (κ2) is 8.11. The Morgan fingerprint density at radius 2 is 2.06 bits per heavy atom. The zero-order valence-electron chi connectivity index (χ0n) is 12.0. The van der Waals surface area contributed by atoms with Gasteiger partial charge in [-0.1, -0.05) is 26.7 Å². The summed E-state index contributed by atoms with van der Waals surface area (Å²) in [7, 11) is 0. The van der Waals surface area contributed by atoms with E-state index in [1.54, 1.807) is 6.92 Å². The van der Waals surface area contributed by atoms with Gasteiger partial charge in [0.15, 0.2) is 0 Å². The monoisotopic (exact) mass is 253 g/mol. The Kier molecular flexibility index (Phi) is 6.76. The van der Waals surface area contributed by atoms with Crippen LogP contribution in [0.15, 0.2) is 5.10 Å². The number of rotatable bonds is 7. The van der Waals surface area contributed by atoms with Gasteiger partial charge in [-0.25, -0.2) is 0 Å².